The third-order valence-corrected chi connectivity index (χ3v) is 2.13. The molecule has 0 fully saturated rings. The van der Waals surface area contributed by atoms with Crippen molar-refractivity contribution in [3.63, 3.8) is 0 Å². The van der Waals surface area contributed by atoms with Gasteiger partial charge in [0.25, 0.3) is 5.91 Å². The Labute approximate surface area is 116 Å². The van der Waals surface area contributed by atoms with Crippen LogP contribution < -0.4 is 10.1 Å². The normalized spacial score (nSPS) is 10.8. The number of benzene rings is 1. The van der Waals surface area contributed by atoms with Gasteiger partial charge in [-0.15, -0.1) is 0 Å². The molecule has 0 radical (unpaired) electrons. The second-order valence-corrected chi connectivity index (χ2v) is 4.40. The fourth-order valence-corrected chi connectivity index (χ4v) is 1.44. The lowest BCUT2D eigenvalue weighted by molar-refractivity contribution is -0.131. The summed E-state index contributed by atoms with van der Waals surface area (Å²) in [6.45, 7) is 3.40. The summed E-state index contributed by atoms with van der Waals surface area (Å²) in [7, 11) is 0. The second-order valence-electron chi connectivity index (χ2n) is 4.40. The average Bonchev–Trinajstić information content (AvgIpc) is 2.32. The van der Waals surface area contributed by atoms with Crippen molar-refractivity contribution in [2.24, 2.45) is 0 Å². The van der Waals surface area contributed by atoms with E-state index >= 15 is 0 Å². The molecule has 0 bridgehead atoms. The van der Waals surface area contributed by atoms with Crippen LogP contribution in [0.25, 0.3) is 6.08 Å². The zero-order valence-corrected chi connectivity index (χ0v) is 11.2. The van der Waals surface area contributed by atoms with Crippen molar-refractivity contribution in [2.45, 2.75) is 19.9 Å². The van der Waals surface area contributed by atoms with Crippen molar-refractivity contribution in [1.82, 2.24) is 5.32 Å². The van der Waals surface area contributed by atoms with Crippen molar-refractivity contribution >= 4 is 18.0 Å². The van der Waals surface area contributed by atoms with E-state index < -0.39 is 11.8 Å². The van der Waals surface area contributed by atoms with Gasteiger partial charge in [0.1, 0.15) is 11.6 Å². The van der Waals surface area contributed by atoms with E-state index in [9.17, 15) is 14.0 Å². The van der Waals surface area contributed by atoms with Gasteiger partial charge in [0, 0.05) is 18.2 Å². The molecule has 0 aromatic heterocycles. The fraction of sp³-hybridized carbons (Fsp3) is 0.286. The van der Waals surface area contributed by atoms with Gasteiger partial charge in [0.05, 0.1) is 0 Å². The van der Waals surface area contributed by atoms with Crippen LogP contribution in [0.2, 0.25) is 0 Å². The molecule has 1 amide bonds. The SMILES string of the molecule is CC(C)NC(=O)COc1cc(F)cc(/C=C/C(=O)O)c1. The molecule has 0 heterocycles. The van der Waals surface area contributed by atoms with Crippen LogP contribution in [0.4, 0.5) is 4.39 Å². The monoisotopic (exact) mass is 281 g/mol. The van der Waals surface area contributed by atoms with E-state index in [0.717, 1.165) is 12.1 Å². The van der Waals surface area contributed by atoms with E-state index in [0.29, 0.717) is 5.56 Å². The van der Waals surface area contributed by atoms with E-state index in [1.807, 2.05) is 13.8 Å². The molecule has 0 aliphatic heterocycles. The summed E-state index contributed by atoms with van der Waals surface area (Å²) >= 11 is 0. The number of carboxylic acid groups (broad SMARTS) is 1. The molecule has 0 aliphatic rings. The molecule has 20 heavy (non-hydrogen) atoms. The number of hydrogen-bond acceptors (Lipinski definition) is 3. The molecule has 108 valence electrons. The maximum atomic E-state index is 13.3. The fourth-order valence-electron chi connectivity index (χ4n) is 1.44. The van der Waals surface area contributed by atoms with Crippen molar-refractivity contribution in [1.29, 1.82) is 0 Å². The highest BCUT2D eigenvalue weighted by Crippen LogP contribution is 2.17. The van der Waals surface area contributed by atoms with Crippen molar-refractivity contribution in [2.75, 3.05) is 6.61 Å². The number of aliphatic carboxylic acids is 1. The van der Waals surface area contributed by atoms with Gasteiger partial charge >= 0.3 is 5.97 Å². The van der Waals surface area contributed by atoms with E-state index in [1.165, 1.54) is 18.2 Å². The lowest BCUT2D eigenvalue weighted by Gasteiger charge is -2.10. The summed E-state index contributed by atoms with van der Waals surface area (Å²) in [5.41, 5.74) is 0.340. The minimum Gasteiger partial charge on any atom is -0.484 e. The quantitative estimate of drug-likeness (QED) is 0.780. The number of carbonyl (C=O) groups is 2. The number of carboxylic acids is 1. The second kappa shape index (κ2) is 7.28. The third kappa shape index (κ3) is 5.99. The van der Waals surface area contributed by atoms with Crippen molar-refractivity contribution in [3.05, 3.63) is 35.7 Å². The average molecular weight is 281 g/mol. The number of halogens is 1. The van der Waals surface area contributed by atoms with Gasteiger partial charge in [0.15, 0.2) is 6.61 Å². The van der Waals surface area contributed by atoms with Crippen molar-refractivity contribution in [3.8, 4) is 5.75 Å². The molecule has 0 unspecified atom stereocenters. The smallest absolute Gasteiger partial charge is 0.328 e. The Balaban J connectivity index is 2.71. The predicted molar refractivity (Wildman–Crippen MR) is 71.8 cm³/mol. The van der Waals surface area contributed by atoms with Gasteiger partial charge in [-0.2, -0.15) is 0 Å². The lowest BCUT2D eigenvalue weighted by Crippen LogP contribution is -2.34. The highest BCUT2D eigenvalue weighted by atomic mass is 19.1. The van der Waals surface area contributed by atoms with Crippen LogP contribution in [0, 0.1) is 5.82 Å². The molecule has 0 spiro atoms. The minimum absolute atomic E-state index is 0.00679. The summed E-state index contributed by atoms with van der Waals surface area (Å²) in [5, 5.41) is 11.1. The molecular formula is C14H16FNO4. The van der Waals surface area contributed by atoms with Gasteiger partial charge in [-0.3, -0.25) is 4.79 Å². The van der Waals surface area contributed by atoms with Gasteiger partial charge in [-0.05, 0) is 37.6 Å². The molecule has 6 heteroatoms. The Morgan fingerprint density at radius 1 is 1.40 bits per heavy atom. The summed E-state index contributed by atoms with van der Waals surface area (Å²) in [5.74, 6) is -1.86. The summed E-state index contributed by atoms with van der Waals surface area (Å²) in [4.78, 5) is 21.8. The molecule has 1 aromatic carbocycles. The highest BCUT2D eigenvalue weighted by Gasteiger charge is 2.06. The van der Waals surface area contributed by atoms with Gasteiger partial charge < -0.3 is 15.2 Å². The summed E-state index contributed by atoms with van der Waals surface area (Å²) < 4.78 is 18.5. The summed E-state index contributed by atoms with van der Waals surface area (Å²) in [6.07, 6.45) is 2.14. The Kier molecular flexibility index (Phi) is 5.71. The van der Waals surface area contributed by atoms with Crippen molar-refractivity contribution < 1.29 is 23.8 Å². The third-order valence-electron chi connectivity index (χ3n) is 2.13. The number of ether oxygens (including phenoxy) is 1. The Hall–Kier alpha value is -2.37. The van der Waals surface area contributed by atoms with Crippen LogP contribution >= 0.6 is 0 Å². The number of rotatable bonds is 6. The first-order chi connectivity index (χ1) is 9.36. The predicted octanol–water partition coefficient (Wildman–Crippen LogP) is 1.83. The molecule has 2 N–H and O–H groups in total. The number of carbonyl (C=O) groups excluding carboxylic acids is 1. The Morgan fingerprint density at radius 3 is 2.70 bits per heavy atom. The largest absolute Gasteiger partial charge is 0.484 e. The van der Waals surface area contributed by atoms with Crippen LogP contribution in [0.15, 0.2) is 24.3 Å². The van der Waals surface area contributed by atoms with E-state index in [4.69, 9.17) is 9.84 Å². The zero-order valence-electron chi connectivity index (χ0n) is 11.2. The molecule has 1 rings (SSSR count). The molecule has 0 atom stereocenters. The van der Waals surface area contributed by atoms with Crippen LogP contribution in [-0.4, -0.2) is 29.6 Å². The van der Waals surface area contributed by atoms with Crippen LogP contribution in [0.3, 0.4) is 0 Å². The number of nitrogens with one attached hydrogen (secondary N) is 1. The molecular weight excluding hydrogens is 265 g/mol. The first-order valence-electron chi connectivity index (χ1n) is 6.00. The maximum absolute atomic E-state index is 13.3. The molecule has 0 saturated heterocycles. The Bertz CT molecular complexity index is 526. The number of amides is 1. The highest BCUT2D eigenvalue weighted by molar-refractivity contribution is 5.85. The maximum Gasteiger partial charge on any atom is 0.328 e. The zero-order chi connectivity index (χ0) is 15.1. The molecule has 5 nitrogen and oxygen atoms in total. The van der Waals surface area contributed by atoms with Gasteiger partial charge in [-0.25, -0.2) is 9.18 Å². The van der Waals surface area contributed by atoms with E-state index in [1.54, 1.807) is 0 Å². The van der Waals surface area contributed by atoms with Crippen LogP contribution in [0.5, 0.6) is 5.75 Å². The van der Waals surface area contributed by atoms with Crippen LogP contribution in [0.1, 0.15) is 19.4 Å². The Morgan fingerprint density at radius 2 is 2.10 bits per heavy atom. The van der Waals surface area contributed by atoms with Gasteiger partial charge in [-0.1, -0.05) is 0 Å². The minimum atomic E-state index is -1.13. The summed E-state index contributed by atoms with van der Waals surface area (Å²) in [6, 6.07) is 3.74. The standard InChI is InChI=1S/C14H16FNO4/c1-9(2)16-13(17)8-20-12-6-10(3-4-14(18)19)5-11(15)7-12/h3-7,9H,8H2,1-2H3,(H,16,17)(H,18,19)/b4-3+. The number of hydrogen-bond donors (Lipinski definition) is 2. The van der Waals surface area contributed by atoms with E-state index in [-0.39, 0.29) is 24.3 Å². The molecule has 1 aromatic rings. The first-order valence-corrected chi connectivity index (χ1v) is 6.00. The van der Waals surface area contributed by atoms with Crippen LogP contribution in [-0.2, 0) is 9.59 Å². The molecule has 0 saturated carbocycles. The van der Waals surface area contributed by atoms with Gasteiger partial charge in [0.2, 0.25) is 0 Å². The first kappa shape index (κ1) is 15.7. The molecule has 0 aliphatic carbocycles. The topological polar surface area (TPSA) is 75.6 Å². The lowest BCUT2D eigenvalue weighted by atomic mass is 10.2. The van der Waals surface area contributed by atoms with E-state index in [2.05, 4.69) is 5.32 Å².